The maximum Gasteiger partial charge on any atom is 0.324 e. The molecule has 24 heavy (non-hydrogen) atoms. The molecule has 2 atom stereocenters. The molecule has 1 saturated carbocycles. The van der Waals surface area contributed by atoms with Crippen molar-refractivity contribution in [2.75, 3.05) is 26.2 Å². The third-order valence-corrected chi connectivity index (χ3v) is 5.19. The highest BCUT2D eigenvalue weighted by Crippen LogP contribution is 2.31. The highest BCUT2D eigenvalue weighted by molar-refractivity contribution is 5.98. The van der Waals surface area contributed by atoms with E-state index in [1.54, 1.807) is 9.80 Å². The van der Waals surface area contributed by atoms with Crippen molar-refractivity contribution in [3.63, 3.8) is 0 Å². The first-order chi connectivity index (χ1) is 11.6. The van der Waals surface area contributed by atoms with E-state index in [1.165, 1.54) is 0 Å². The summed E-state index contributed by atoms with van der Waals surface area (Å²) >= 11 is 0. The summed E-state index contributed by atoms with van der Waals surface area (Å²) in [5.41, 5.74) is 0. The summed E-state index contributed by atoms with van der Waals surface area (Å²) in [6, 6.07) is -0.469. The van der Waals surface area contributed by atoms with Crippen LogP contribution < -0.4 is 10.6 Å². The zero-order valence-corrected chi connectivity index (χ0v) is 13.8. The maximum atomic E-state index is 12.4. The lowest BCUT2D eigenvalue weighted by Crippen LogP contribution is -2.61. The Bertz CT molecular complexity index is 550. The molecular formula is C16H24N4O4. The molecule has 2 saturated heterocycles. The molecule has 0 bridgehead atoms. The average Bonchev–Trinajstić information content (AvgIpc) is 2.79. The first-order valence-corrected chi connectivity index (χ1v) is 8.72. The molecule has 8 nitrogen and oxygen atoms in total. The number of urea groups is 1. The van der Waals surface area contributed by atoms with E-state index < -0.39 is 0 Å². The first kappa shape index (κ1) is 16.7. The molecule has 5 amide bonds. The molecular weight excluding hydrogens is 312 g/mol. The Balaban J connectivity index is 1.58. The number of amides is 5. The van der Waals surface area contributed by atoms with Crippen molar-refractivity contribution in [3.05, 3.63) is 0 Å². The normalized spacial score (nSPS) is 27.9. The predicted octanol–water partition coefficient (Wildman–Crippen LogP) is -0.164. The number of imide groups is 1. The number of carbonyl (C=O) groups is 4. The van der Waals surface area contributed by atoms with Gasteiger partial charge in [0.25, 0.3) is 0 Å². The number of fused-ring (bicyclic) bond motifs is 1. The van der Waals surface area contributed by atoms with E-state index in [4.69, 9.17) is 0 Å². The lowest BCUT2D eigenvalue weighted by atomic mass is 9.81. The lowest BCUT2D eigenvalue weighted by Gasteiger charge is -2.42. The molecule has 3 aliphatic rings. The van der Waals surface area contributed by atoms with Crippen molar-refractivity contribution in [1.82, 2.24) is 20.4 Å². The van der Waals surface area contributed by atoms with Crippen LogP contribution in [0.3, 0.4) is 0 Å². The minimum Gasteiger partial charge on any atom is -0.354 e. The Morgan fingerprint density at radius 3 is 2.75 bits per heavy atom. The van der Waals surface area contributed by atoms with Crippen LogP contribution in [0.15, 0.2) is 0 Å². The monoisotopic (exact) mass is 336 g/mol. The molecule has 2 N–H and O–H groups in total. The number of hydrogen-bond acceptors (Lipinski definition) is 4. The number of rotatable bonds is 3. The molecule has 1 aliphatic carbocycles. The molecule has 0 aromatic carbocycles. The minimum absolute atomic E-state index is 0.0377. The van der Waals surface area contributed by atoms with Crippen molar-refractivity contribution >= 4 is 23.8 Å². The van der Waals surface area contributed by atoms with E-state index in [1.807, 2.05) is 0 Å². The average molecular weight is 336 g/mol. The number of hydrogen-bond donors (Lipinski definition) is 2. The van der Waals surface area contributed by atoms with Gasteiger partial charge in [-0.2, -0.15) is 0 Å². The third kappa shape index (κ3) is 3.52. The standard InChI is InChI=1S/C16H24N4O4/c21-13-5-8-19(10-7-17-13)14(22)6-9-20-12-4-2-1-3-11(12)15(23)18-16(20)24/h11-12H,1-10H2,(H,17,21)(H,18,23,24). The van der Waals surface area contributed by atoms with Gasteiger partial charge in [0.15, 0.2) is 0 Å². The fourth-order valence-electron chi connectivity index (χ4n) is 3.87. The van der Waals surface area contributed by atoms with Crippen LogP contribution in [0.25, 0.3) is 0 Å². The van der Waals surface area contributed by atoms with Crippen molar-refractivity contribution in [1.29, 1.82) is 0 Å². The van der Waals surface area contributed by atoms with Gasteiger partial charge < -0.3 is 15.1 Å². The van der Waals surface area contributed by atoms with Gasteiger partial charge in [-0.1, -0.05) is 12.8 Å². The van der Waals surface area contributed by atoms with Crippen LogP contribution in [0.2, 0.25) is 0 Å². The largest absolute Gasteiger partial charge is 0.354 e. The first-order valence-electron chi connectivity index (χ1n) is 8.72. The molecule has 2 heterocycles. The van der Waals surface area contributed by atoms with E-state index in [2.05, 4.69) is 10.6 Å². The van der Waals surface area contributed by atoms with Crippen LogP contribution in [-0.4, -0.2) is 65.8 Å². The Morgan fingerprint density at radius 2 is 1.92 bits per heavy atom. The van der Waals surface area contributed by atoms with Gasteiger partial charge in [0.2, 0.25) is 17.7 Å². The highest BCUT2D eigenvalue weighted by atomic mass is 16.2. The van der Waals surface area contributed by atoms with Crippen LogP contribution in [0.1, 0.15) is 38.5 Å². The quantitative estimate of drug-likeness (QED) is 0.748. The highest BCUT2D eigenvalue weighted by Gasteiger charge is 2.42. The second kappa shape index (κ2) is 7.19. The summed E-state index contributed by atoms with van der Waals surface area (Å²) in [4.78, 5) is 51.2. The fourth-order valence-corrected chi connectivity index (χ4v) is 3.87. The second-order valence-corrected chi connectivity index (χ2v) is 6.68. The van der Waals surface area contributed by atoms with Crippen molar-refractivity contribution in [3.8, 4) is 0 Å². The second-order valence-electron chi connectivity index (χ2n) is 6.68. The fraction of sp³-hybridized carbons (Fsp3) is 0.750. The summed E-state index contributed by atoms with van der Waals surface area (Å²) in [7, 11) is 0. The van der Waals surface area contributed by atoms with Gasteiger partial charge in [-0.25, -0.2) is 4.79 Å². The minimum atomic E-state index is -0.385. The van der Waals surface area contributed by atoms with Crippen molar-refractivity contribution < 1.29 is 19.2 Å². The molecule has 3 rings (SSSR count). The molecule has 8 heteroatoms. The van der Waals surface area contributed by atoms with Crippen LogP contribution in [-0.2, 0) is 14.4 Å². The molecule has 2 unspecified atom stereocenters. The van der Waals surface area contributed by atoms with E-state index >= 15 is 0 Å². The Hall–Kier alpha value is -2.12. The maximum absolute atomic E-state index is 12.4. The SMILES string of the molecule is O=C1CCN(C(=O)CCN2C(=O)NC(=O)C3CCCCC32)CCN1. The summed E-state index contributed by atoms with van der Waals surface area (Å²) in [6.45, 7) is 1.70. The van der Waals surface area contributed by atoms with Crippen molar-refractivity contribution in [2.45, 2.75) is 44.6 Å². The van der Waals surface area contributed by atoms with Crippen LogP contribution in [0.4, 0.5) is 4.79 Å². The molecule has 0 aromatic rings. The topological polar surface area (TPSA) is 98.8 Å². The van der Waals surface area contributed by atoms with Gasteiger partial charge in [0.05, 0.1) is 5.92 Å². The summed E-state index contributed by atoms with van der Waals surface area (Å²) < 4.78 is 0. The summed E-state index contributed by atoms with van der Waals surface area (Å²) in [5.74, 6) is -0.413. The number of nitrogens with zero attached hydrogens (tertiary/aromatic N) is 2. The number of carbonyl (C=O) groups excluding carboxylic acids is 4. The smallest absolute Gasteiger partial charge is 0.324 e. The molecule has 2 aliphatic heterocycles. The molecule has 132 valence electrons. The zero-order valence-electron chi connectivity index (χ0n) is 13.8. The van der Waals surface area contributed by atoms with Crippen LogP contribution in [0, 0.1) is 5.92 Å². The van der Waals surface area contributed by atoms with Gasteiger partial charge in [-0.15, -0.1) is 0 Å². The lowest BCUT2D eigenvalue weighted by molar-refractivity contribution is -0.132. The summed E-state index contributed by atoms with van der Waals surface area (Å²) in [6.07, 6.45) is 4.17. The van der Waals surface area contributed by atoms with Gasteiger partial charge in [0.1, 0.15) is 0 Å². The van der Waals surface area contributed by atoms with Gasteiger partial charge in [0, 0.05) is 45.1 Å². The van der Waals surface area contributed by atoms with Crippen molar-refractivity contribution in [2.24, 2.45) is 5.92 Å². The van der Waals surface area contributed by atoms with E-state index in [0.717, 1.165) is 25.7 Å². The number of nitrogens with one attached hydrogen (secondary N) is 2. The molecule has 0 spiro atoms. The predicted molar refractivity (Wildman–Crippen MR) is 84.8 cm³/mol. The Labute approximate surface area is 140 Å². The van der Waals surface area contributed by atoms with Crippen LogP contribution >= 0.6 is 0 Å². The van der Waals surface area contributed by atoms with Crippen LogP contribution in [0.5, 0.6) is 0 Å². The van der Waals surface area contributed by atoms with E-state index in [-0.39, 0.29) is 42.1 Å². The third-order valence-electron chi connectivity index (χ3n) is 5.19. The molecule has 0 radical (unpaired) electrons. The van der Waals surface area contributed by atoms with E-state index in [9.17, 15) is 19.2 Å². The Kier molecular flexibility index (Phi) is 5.01. The molecule has 0 aromatic heterocycles. The van der Waals surface area contributed by atoms with Gasteiger partial charge in [-0.05, 0) is 12.8 Å². The van der Waals surface area contributed by atoms with Gasteiger partial charge in [-0.3, -0.25) is 19.7 Å². The summed E-state index contributed by atoms with van der Waals surface area (Å²) in [5, 5.41) is 5.16. The molecule has 3 fully saturated rings. The Morgan fingerprint density at radius 1 is 1.12 bits per heavy atom. The van der Waals surface area contributed by atoms with E-state index in [0.29, 0.717) is 32.6 Å². The van der Waals surface area contributed by atoms with Gasteiger partial charge >= 0.3 is 6.03 Å². The zero-order chi connectivity index (χ0) is 17.1.